The number of carbonyl (C=O) groups is 6. The predicted molar refractivity (Wildman–Crippen MR) is 161 cm³/mol. The van der Waals surface area contributed by atoms with Gasteiger partial charge in [0.1, 0.15) is 0 Å². The second-order valence-electron chi connectivity index (χ2n) is 13.9. The summed E-state index contributed by atoms with van der Waals surface area (Å²) in [6.45, 7) is 27.6. The largest absolute Gasteiger partial charge is 0.291 e. The number of ketones is 6. The van der Waals surface area contributed by atoms with E-state index in [0.717, 1.165) is 38.5 Å². The topological polar surface area (TPSA) is 102 Å². The van der Waals surface area contributed by atoms with E-state index < -0.39 is 16.2 Å². The van der Waals surface area contributed by atoms with Gasteiger partial charge in [0.25, 0.3) is 0 Å². The molecule has 0 aliphatic rings. The van der Waals surface area contributed by atoms with Crippen LogP contribution in [0, 0.1) is 71.3 Å². The Labute approximate surface area is 275 Å². The van der Waals surface area contributed by atoms with E-state index in [-0.39, 0.29) is 89.8 Å². The van der Waals surface area contributed by atoms with Crippen molar-refractivity contribution in [2.45, 2.75) is 142 Å². The summed E-state index contributed by atoms with van der Waals surface area (Å²) in [4.78, 5) is 69.2. The Morgan fingerprint density at radius 3 is 0.675 bits per heavy atom. The molecule has 0 aromatic rings. The second kappa shape index (κ2) is 21.0. The van der Waals surface area contributed by atoms with E-state index in [1.807, 2.05) is 41.5 Å². The normalized spacial score (nSPS) is 13.6. The molecule has 0 amide bonds. The van der Waals surface area contributed by atoms with Crippen LogP contribution in [0.15, 0.2) is 0 Å². The van der Waals surface area contributed by atoms with E-state index >= 15 is 0 Å². The molecule has 6 nitrogen and oxygen atoms in total. The Morgan fingerprint density at radius 1 is 0.425 bits per heavy atom. The first-order chi connectivity index (χ1) is 17.4. The van der Waals surface area contributed by atoms with Crippen LogP contribution in [0.5, 0.6) is 0 Å². The van der Waals surface area contributed by atoms with Gasteiger partial charge < -0.3 is 0 Å². The van der Waals surface area contributed by atoms with Crippen LogP contribution in [0.1, 0.15) is 142 Å². The van der Waals surface area contributed by atoms with Gasteiger partial charge in [0.15, 0.2) is 0 Å². The van der Waals surface area contributed by atoms with E-state index in [1.54, 1.807) is 62.3 Å². The number of carbonyl (C=O) groups excluding carboxylic acids is 6. The molecule has 0 bridgehead atoms. The molecule has 0 aromatic heterocycles. The van der Waals surface area contributed by atoms with Crippen LogP contribution in [0.4, 0.5) is 0 Å². The standard InChI is InChI=1S/3C11H20O2.Er/c3*1-6-7-8(2)9(12)10(13)11(3,4)5;/h3*8H,6-7H2,1-5H3;. The maximum absolute atomic E-state index is 11.5. The third kappa shape index (κ3) is 19.4. The van der Waals surface area contributed by atoms with Gasteiger partial charge in [-0.05, 0) is 19.3 Å². The van der Waals surface area contributed by atoms with Crippen molar-refractivity contribution >= 4 is 34.7 Å². The van der Waals surface area contributed by atoms with Crippen molar-refractivity contribution in [2.75, 3.05) is 0 Å². The molecule has 0 aliphatic heterocycles. The summed E-state index contributed by atoms with van der Waals surface area (Å²) in [7, 11) is 0. The average Bonchev–Trinajstić information content (AvgIpc) is 2.80. The molecule has 0 radical (unpaired) electrons. The Morgan fingerprint density at radius 2 is 0.575 bits per heavy atom. The molecule has 0 spiro atoms. The van der Waals surface area contributed by atoms with Gasteiger partial charge in [-0.25, -0.2) is 0 Å². The van der Waals surface area contributed by atoms with Gasteiger partial charge in [0.2, 0.25) is 34.7 Å². The molecular weight excluding hydrogens is 660 g/mol. The minimum Gasteiger partial charge on any atom is -0.291 e. The van der Waals surface area contributed by atoms with Crippen molar-refractivity contribution in [3.63, 3.8) is 0 Å². The SMILES string of the molecule is CCCC(C)C(=O)C(=O)C(C)(C)C.CCCC(C)C(=O)C(=O)C(C)(C)C.CCCC(C)C(=O)C(=O)C(C)(C)C.[Er]. The molecule has 0 aliphatic carbocycles. The van der Waals surface area contributed by atoms with Crippen molar-refractivity contribution in [3.8, 4) is 0 Å². The smallest absolute Gasteiger partial charge is 0.203 e. The third-order valence-corrected chi connectivity index (χ3v) is 6.22. The summed E-state index contributed by atoms with van der Waals surface area (Å²) in [5.74, 6) is -1.71. The molecule has 40 heavy (non-hydrogen) atoms. The zero-order chi connectivity index (χ0) is 31.9. The molecule has 240 valence electrons. The van der Waals surface area contributed by atoms with Crippen LogP contribution in [0.2, 0.25) is 0 Å². The summed E-state index contributed by atoms with van der Waals surface area (Å²) in [6, 6.07) is 0. The minimum absolute atomic E-state index is 0. The Bertz CT molecular complexity index is 712. The quantitative estimate of drug-likeness (QED) is 0.191. The van der Waals surface area contributed by atoms with Crippen molar-refractivity contribution in [2.24, 2.45) is 34.0 Å². The molecule has 7 heteroatoms. The number of hydrogen-bond donors (Lipinski definition) is 0. The fourth-order valence-corrected chi connectivity index (χ4v) is 3.47. The molecule has 0 fully saturated rings. The van der Waals surface area contributed by atoms with Crippen LogP contribution < -0.4 is 0 Å². The van der Waals surface area contributed by atoms with E-state index in [4.69, 9.17) is 0 Å². The van der Waals surface area contributed by atoms with Crippen molar-refractivity contribution in [3.05, 3.63) is 0 Å². The van der Waals surface area contributed by atoms with Gasteiger partial charge in [-0.3, -0.25) is 28.8 Å². The third-order valence-electron chi connectivity index (χ3n) is 6.22. The first-order valence-corrected chi connectivity index (χ1v) is 14.7. The molecule has 3 atom stereocenters. The first kappa shape index (κ1) is 46.2. The van der Waals surface area contributed by atoms with Crippen LogP contribution in [-0.4, -0.2) is 34.7 Å². The molecule has 0 saturated heterocycles. The van der Waals surface area contributed by atoms with Crippen molar-refractivity contribution < 1.29 is 66.1 Å². The van der Waals surface area contributed by atoms with Crippen molar-refractivity contribution in [1.82, 2.24) is 0 Å². The van der Waals surface area contributed by atoms with Crippen molar-refractivity contribution in [1.29, 1.82) is 0 Å². The van der Waals surface area contributed by atoms with Gasteiger partial charge >= 0.3 is 0 Å². The molecule has 3 unspecified atom stereocenters. The van der Waals surface area contributed by atoms with Crippen LogP contribution in [-0.2, 0) is 28.8 Å². The zero-order valence-electron chi connectivity index (χ0n) is 28.2. The fourth-order valence-electron chi connectivity index (χ4n) is 3.47. The second-order valence-corrected chi connectivity index (χ2v) is 13.9. The maximum Gasteiger partial charge on any atom is 0.203 e. The summed E-state index contributed by atoms with van der Waals surface area (Å²) in [6.07, 6.45) is 5.26. The van der Waals surface area contributed by atoms with E-state index in [1.165, 1.54) is 0 Å². The van der Waals surface area contributed by atoms with E-state index in [2.05, 4.69) is 0 Å². The fraction of sp³-hybridized carbons (Fsp3) is 0.818. The molecule has 0 saturated carbocycles. The van der Waals surface area contributed by atoms with Crippen LogP contribution >= 0.6 is 0 Å². The Kier molecular flexibility index (Phi) is 24.3. The minimum atomic E-state index is -0.529. The molecule has 0 rings (SSSR count). The van der Waals surface area contributed by atoms with Gasteiger partial charge in [0.05, 0.1) is 0 Å². The predicted octanol–water partition coefficient (Wildman–Crippen LogP) is 7.82. The van der Waals surface area contributed by atoms with E-state index in [0.29, 0.717) is 0 Å². The van der Waals surface area contributed by atoms with Gasteiger partial charge in [-0.1, -0.05) is 123 Å². The Balaban J connectivity index is -0.000000240. The van der Waals surface area contributed by atoms with Gasteiger partial charge in [-0.2, -0.15) is 0 Å². The monoisotopic (exact) mass is 718 g/mol. The summed E-state index contributed by atoms with van der Waals surface area (Å²) < 4.78 is 0. The Hall–Kier alpha value is -0.733. The van der Waals surface area contributed by atoms with Gasteiger partial charge in [-0.15, -0.1) is 0 Å². The summed E-state index contributed by atoms with van der Waals surface area (Å²) in [5.41, 5.74) is -1.59. The summed E-state index contributed by atoms with van der Waals surface area (Å²) in [5, 5.41) is 0. The van der Waals surface area contributed by atoms with Gasteiger partial charge in [0, 0.05) is 71.3 Å². The zero-order valence-corrected chi connectivity index (χ0v) is 30.1. The van der Waals surface area contributed by atoms with Crippen LogP contribution in [0.25, 0.3) is 0 Å². The average molecular weight is 720 g/mol. The van der Waals surface area contributed by atoms with Crippen LogP contribution in [0.3, 0.4) is 0 Å². The number of Topliss-reactive ketones (excluding diaryl/α,β-unsaturated/α-hetero) is 6. The molecule has 0 N–H and O–H groups in total. The number of rotatable bonds is 12. The molecule has 0 aromatic carbocycles. The maximum atomic E-state index is 11.5. The molecule has 0 heterocycles. The summed E-state index contributed by atoms with van der Waals surface area (Å²) >= 11 is 0. The van der Waals surface area contributed by atoms with E-state index in [9.17, 15) is 28.8 Å². The molecular formula is C33H60ErO6. The first-order valence-electron chi connectivity index (χ1n) is 14.7. The number of hydrogen-bond acceptors (Lipinski definition) is 6.